The van der Waals surface area contributed by atoms with E-state index in [0.717, 1.165) is 25.3 Å². The summed E-state index contributed by atoms with van der Waals surface area (Å²) in [6, 6.07) is 9.03. The van der Waals surface area contributed by atoms with Gasteiger partial charge in [-0.2, -0.15) is 0 Å². The average Bonchev–Trinajstić information content (AvgIpc) is 2.44. The first-order valence-electron chi connectivity index (χ1n) is 8.26. The van der Waals surface area contributed by atoms with Crippen LogP contribution < -0.4 is 10.1 Å². The zero-order valence-electron chi connectivity index (χ0n) is 13.2. The molecular formula is C18H27NO2. The summed E-state index contributed by atoms with van der Waals surface area (Å²) < 4.78 is 11.2. The summed E-state index contributed by atoms with van der Waals surface area (Å²) >= 11 is 0. The van der Waals surface area contributed by atoms with E-state index in [1.54, 1.807) is 7.11 Å². The van der Waals surface area contributed by atoms with Crippen molar-refractivity contribution in [3.05, 3.63) is 29.8 Å². The Morgan fingerprint density at radius 1 is 1.33 bits per heavy atom. The molecule has 116 valence electrons. The van der Waals surface area contributed by atoms with Gasteiger partial charge in [-0.05, 0) is 56.8 Å². The van der Waals surface area contributed by atoms with Crippen LogP contribution >= 0.6 is 0 Å². The van der Waals surface area contributed by atoms with E-state index in [2.05, 4.69) is 30.4 Å². The third-order valence-corrected chi connectivity index (χ3v) is 5.38. The zero-order chi connectivity index (χ0) is 14.7. The van der Waals surface area contributed by atoms with Crippen molar-refractivity contribution in [1.82, 2.24) is 5.32 Å². The van der Waals surface area contributed by atoms with Gasteiger partial charge in [-0.25, -0.2) is 0 Å². The van der Waals surface area contributed by atoms with Crippen LogP contribution in [0.1, 0.15) is 38.2 Å². The number of hydrogen-bond acceptors (Lipinski definition) is 3. The van der Waals surface area contributed by atoms with Crippen LogP contribution in [0.5, 0.6) is 5.75 Å². The summed E-state index contributed by atoms with van der Waals surface area (Å²) in [6.45, 7) is 4.00. The van der Waals surface area contributed by atoms with Gasteiger partial charge >= 0.3 is 0 Å². The fourth-order valence-electron chi connectivity index (χ4n) is 3.94. The molecule has 0 bridgehead atoms. The molecule has 0 radical (unpaired) electrons. The van der Waals surface area contributed by atoms with Crippen molar-refractivity contribution in [2.75, 3.05) is 20.3 Å². The standard InChI is InChI=1S/C18H27NO2/c1-3-21-17-13-16(18(17)9-5-10-18)19-11-8-14-6-4-7-15(12-14)20-2/h4,6-7,12,16-17,19H,3,5,8-11,13H2,1-2H3. The molecule has 0 aliphatic heterocycles. The molecule has 21 heavy (non-hydrogen) atoms. The van der Waals surface area contributed by atoms with Crippen LogP contribution in [0.2, 0.25) is 0 Å². The van der Waals surface area contributed by atoms with Crippen LogP contribution in [0.15, 0.2) is 24.3 Å². The van der Waals surface area contributed by atoms with Crippen LogP contribution in [0.3, 0.4) is 0 Å². The summed E-state index contributed by atoms with van der Waals surface area (Å²) in [6.07, 6.45) is 6.81. The van der Waals surface area contributed by atoms with Crippen LogP contribution in [-0.4, -0.2) is 32.4 Å². The molecule has 1 N–H and O–H groups in total. The number of rotatable bonds is 7. The molecule has 2 atom stereocenters. The molecule has 2 aliphatic carbocycles. The maximum Gasteiger partial charge on any atom is 0.119 e. The maximum absolute atomic E-state index is 5.90. The Hall–Kier alpha value is -1.06. The minimum Gasteiger partial charge on any atom is -0.497 e. The molecular weight excluding hydrogens is 262 g/mol. The van der Waals surface area contributed by atoms with E-state index in [1.165, 1.54) is 31.2 Å². The van der Waals surface area contributed by atoms with E-state index in [-0.39, 0.29) is 0 Å². The Morgan fingerprint density at radius 2 is 2.19 bits per heavy atom. The maximum atomic E-state index is 5.90. The molecule has 3 nitrogen and oxygen atoms in total. The van der Waals surface area contributed by atoms with Crippen molar-refractivity contribution < 1.29 is 9.47 Å². The van der Waals surface area contributed by atoms with Gasteiger partial charge < -0.3 is 14.8 Å². The average molecular weight is 289 g/mol. The summed E-state index contributed by atoms with van der Waals surface area (Å²) in [5.41, 5.74) is 1.80. The van der Waals surface area contributed by atoms with E-state index in [1.807, 2.05) is 6.07 Å². The summed E-state index contributed by atoms with van der Waals surface area (Å²) in [5.74, 6) is 0.947. The number of methoxy groups -OCH3 is 1. The first kappa shape index (κ1) is 14.9. The first-order chi connectivity index (χ1) is 10.3. The second-order valence-electron chi connectivity index (χ2n) is 6.37. The lowest BCUT2D eigenvalue weighted by atomic mass is 9.51. The number of ether oxygens (including phenoxy) is 2. The van der Waals surface area contributed by atoms with Crippen molar-refractivity contribution in [3.63, 3.8) is 0 Å². The molecule has 1 spiro atoms. The monoisotopic (exact) mass is 289 g/mol. The topological polar surface area (TPSA) is 30.5 Å². The molecule has 0 aromatic heterocycles. The molecule has 3 rings (SSSR count). The van der Waals surface area contributed by atoms with E-state index < -0.39 is 0 Å². The highest BCUT2D eigenvalue weighted by atomic mass is 16.5. The molecule has 1 aromatic carbocycles. The van der Waals surface area contributed by atoms with Crippen molar-refractivity contribution >= 4 is 0 Å². The highest BCUT2D eigenvalue weighted by Gasteiger charge is 2.58. The first-order valence-corrected chi connectivity index (χ1v) is 8.26. The van der Waals surface area contributed by atoms with Gasteiger partial charge in [0.15, 0.2) is 0 Å². The molecule has 2 aliphatic rings. The molecule has 3 heteroatoms. The van der Waals surface area contributed by atoms with Crippen molar-refractivity contribution in [2.45, 2.75) is 51.2 Å². The quantitative estimate of drug-likeness (QED) is 0.836. The summed E-state index contributed by atoms with van der Waals surface area (Å²) in [4.78, 5) is 0. The van der Waals surface area contributed by atoms with E-state index in [0.29, 0.717) is 17.6 Å². The number of nitrogens with one attached hydrogen (secondary N) is 1. The largest absolute Gasteiger partial charge is 0.497 e. The predicted molar refractivity (Wildman–Crippen MR) is 84.8 cm³/mol. The zero-order valence-corrected chi connectivity index (χ0v) is 13.2. The SMILES string of the molecule is CCOC1CC(NCCc2cccc(OC)c2)C12CCC2. The number of benzene rings is 1. The Kier molecular flexibility index (Phi) is 4.51. The molecule has 2 fully saturated rings. The van der Waals surface area contributed by atoms with Gasteiger partial charge in [0.1, 0.15) is 5.75 Å². The highest BCUT2D eigenvalue weighted by Crippen LogP contribution is 2.57. The minimum atomic E-state index is 0.463. The van der Waals surface area contributed by atoms with Gasteiger partial charge in [-0.15, -0.1) is 0 Å². The van der Waals surface area contributed by atoms with Crippen molar-refractivity contribution in [3.8, 4) is 5.75 Å². The Labute approximate surface area is 128 Å². The lowest BCUT2D eigenvalue weighted by Gasteiger charge is -2.61. The Bertz CT molecular complexity index is 470. The third kappa shape index (κ3) is 2.82. The second kappa shape index (κ2) is 6.37. The van der Waals surface area contributed by atoms with E-state index >= 15 is 0 Å². The van der Waals surface area contributed by atoms with Gasteiger partial charge in [-0.1, -0.05) is 18.6 Å². The van der Waals surface area contributed by atoms with Crippen LogP contribution in [0.25, 0.3) is 0 Å². The summed E-state index contributed by atoms with van der Waals surface area (Å²) in [5, 5.41) is 3.77. The normalized spacial score (nSPS) is 26.2. The Morgan fingerprint density at radius 3 is 2.86 bits per heavy atom. The lowest BCUT2D eigenvalue weighted by Crippen LogP contribution is -2.67. The molecule has 1 aromatic rings. The van der Waals surface area contributed by atoms with Crippen LogP contribution in [-0.2, 0) is 11.2 Å². The van der Waals surface area contributed by atoms with E-state index in [4.69, 9.17) is 9.47 Å². The van der Waals surface area contributed by atoms with Crippen molar-refractivity contribution in [1.29, 1.82) is 0 Å². The van der Waals surface area contributed by atoms with Crippen molar-refractivity contribution in [2.24, 2.45) is 5.41 Å². The van der Waals surface area contributed by atoms with E-state index in [9.17, 15) is 0 Å². The smallest absolute Gasteiger partial charge is 0.119 e. The molecule has 0 amide bonds. The van der Waals surface area contributed by atoms with Gasteiger partial charge in [0.2, 0.25) is 0 Å². The molecule has 2 unspecified atom stereocenters. The Balaban J connectivity index is 1.47. The molecule has 0 saturated heterocycles. The van der Waals surface area contributed by atoms with Crippen LogP contribution in [0, 0.1) is 5.41 Å². The summed E-state index contributed by atoms with van der Waals surface area (Å²) in [7, 11) is 1.72. The van der Waals surface area contributed by atoms with Gasteiger partial charge in [-0.3, -0.25) is 0 Å². The van der Waals surface area contributed by atoms with Gasteiger partial charge in [0, 0.05) is 18.1 Å². The second-order valence-corrected chi connectivity index (χ2v) is 6.37. The lowest BCUT2D eigenvalue weighted by molar-refractivity contribution is -0.172. The third-order valence-electron chi connectivity index (χ3n) is 5.38. The molecule has 0 heterocycles. The fourth-order valence-corrected chi connectivity index (χ4v) is 3.94. The molecule has 2 saturated carbocycles. The van der Waals surface area contributed by atoms with Crippen LogP contribution in [0.4, 0.5) is 0 Å². The predicted octanol–water partition coefficient (Wildman–Crippen LogP) is 3.18. The van der Waals surface area contributed by atoms with Gasteiger partial charge in [0.05, 0.1) is 13.2 Å². The fraction of sp³-hybridized carbons (Fsp3) is 0.667. The van der Waals surface area contributed by atoms with Gasteiger partial charge in [0.25, 0.3) is 0 Å². The highest BCUT2D eigenvalue weighted by molar-refractivity contribution is 5.28. The minimum absolute atomic E-state index is 0.463. The number of hydrogen-bond donors (Lipinski definition) is 1.